The van der Waals surface area contributed by atoms with E-state index in [0.29, 0.717) is 16.3 Å². The number of hydrogen-bond donors (Lipinski definition) is 2. The van der Waals surface area contributed by atoms with Gasteiger partial charge in [-0.1, -0.05) is 17.7 Å². The Hall–Kier alpha value is -3.41. The van der Waals surface area contributed by atoms with Gasteiger partial charge >= 0.3 is 0 Å². The quantitative estimate of drug-likeness (QED) is 0.594. The third-order valence-electron chi connectivity index (χ3n) is 5.68. The van der Waals surface area contributed by atoms with Crippen LogP contribution in [0.2, 0.25) is 5.02 Å². The number of amides is 1. The fourth-order valence-corrected chi connectivity index (χ4v) is 4.08. The van der Waals surface area contributed by atoms with E-state index >= 15 is 0 Å². The molecule has 170 valence electrons. The van der Waals surface area contributed by atoms with Crippen LogP contribution in [0.4, 0.5) is 10.1 Å². The Bertz CT molecular complexity index is 1210. The molecule has 1 aromatic heterocycles. The Balaban J connectivity index is 1.56. The Labute approximate surface area is 196 Å². The minimum atomic E-state index is -0.681. The molecule has 1 aliphatic heterocycles. The number of benzene rings is 2. The van der Waals surface area contributed by atoms with Gasteiger partial charge in [0.1, 0.15) is 11.9 Å². The molecule has 1 aliphatic rings. The predicted molar refractivity (Wildman–Crippen MR) is 127 cm³/mol. The lowest BCUT2D eigenvalue weighted by atomic mass is 10.1. The van der Waals surface area contributed by atoms with Crippen molar-refractivity contribution in [1.29, 1.82) is 5.26 Å². The molecule has 3 aromatic rings. The molecule has 1 amide bonds. The Morgan fingerprint density at radius 2 is 1.94 bits per heavy atom. The SMILES string of the molecule is CC(C#N)NC(=O)c1cc(F)cc(-c2cc(-c3ccc(N4CCN(C)CC4)c(Cl)c3)[nH]n2)c1. The van der Waals surface area contributed by atoms with Crippen LogP contribution in [0.5, 0.6) is 0 Å². The molecule has 7 nitrogen and oxygen atoms in total. The van der Waals surface area contributed by atoms with Crippen LogP contribution in [-0.2, 0) is 0 Å². The van der Waals surface area contributed by atoms with Gasteiger partial charge in [0.25, 0.3) is 5.91 Å². The number of nitriles is 1. The maximum Gasteiger partial charge on any atom is 0.252 e. The number of H-pyrrole nitrogens is 1. The normalized spacial score (nSPS) is 15.2. The fraction of sp³-hybridized carbons (Fsp3) is 0.292. The number of rotatable bonds is 5. The highest BCUT2D eigenvalue weighted by Gasteiger charge is 2.18. The summed E-state index contributed by atoms with van der Waals surface area (Å²) in [7, 11) is 2.11. The van der Waals surface area contributed by atoms with Crippen molar-refractivity contribution in [2.24, 2.45) is 0 Å². The third-order valence-corrected chi connectivity index (χ3v) is 5.98. The number of carbonyl (C=O) groups is 1. The van der Waals surface area contributed by atoms with Crippen LogP contribution in [0.15, 0.2) is 42.5 Å². The number of likely N-dealkylation sites (N-methyl/N-ethyl adjacent to an activating group) is 1. The summed E-state index contributed by atoms with van der Waals surface area (Å²) >= 11 is 6.60. The van der Waals surface area contributed by atoms with Crippen molar-refractivity contribution in [3.63, 3.8) is 0 Å². The molecule has 1 saturated heterocycles. The monoisotopic (exact) mass is 466 g/mol. The van der Waals surface area contributed by atoms with Gasteiger partial charge in [0.05, 0.1) is 28.2 Å². The van der Waals surface area contributed by atoms with E-state index in [1.807, 2.05) is 24.3 Å². The molecule has 0 spiro atoms. The summed E-state index contributed by atoms with van der Waals surface area (Å²) in [6.45, 7) is 5.38. The predicted octanol–water partition coefficient (Wildman–Crippen LogP) is 3.93. The lowest BCUT2D eigenvalue weighted by molar-refractivity contribution is 0.0947. The second kappa shape index (κ2) is 9.61. The summed E-state index contributed by atoms with van der Waals surface area (Å²) < 4.78 is 14.2. The molecule has 1 atom stereocenters. The highest BCUT2D eigenvalue weighted by molar-refractivity contribution is 6.33. The molecular weight excluding hydrogens is 443 g/mol. The van der Waals surface area contributed by atoms with E-state index in [-0.39, 0.29) is 5.56 Å². The largest absolute Gasteiger partial charge is 0.368 e. The van der Waals surface area contributed by atoms with Gasteiger partial charge in [0, 0.05) is 42.9 Å². The van der Waals surface area contributed by atoms with Gasteiger partial charge in [-0.2, -0.15) is 10.4 Å². The molecule has 2 heterocycles. The fourth-order valence-electron chi connectivity index (χ4n) is 3.78. The maximum atomic E-state index is 14.2. The smallest absolute Gasteiger partial charge is 0.252 e. The van der Waals surface area contributed by atoms with Crippen molar-refractivity contribution in [3.05, 3.63) is 58.9 Å². The van der Waals surface area contributed by atoms with Crippen LogP contribution in [0, 0.1) is 17.1 Å². The van der Waals surface area contributed by atoms with Gasteiger partial charge in [-0.15, -0.1) is 0 Å². The lowest BCUT2D eigenvalue weighted by Gasteiger charge is -2.34. The molecule has 4 rings (SSSR count). The number of nitrogens with one attached hydrogen (secondary N) is 2. The number of halogens is 2. The minimum Gasteiger partial charge on any atom is -0.368 e. The summed E-state index contributed by atoms with van der Waals surface area (Å²) in [5.74, 6) is -1.08. The van der Waals surface area contributed by atoms with E-state index in [1.165, 1.54) is 6.07 Å². The van der Waals surface area contributed by atoms with Gasteiger partial charge in [-0.3, -0.25) is 9.89 Å². The van der Waals surface area contributed by atoms with Gasteiger partial charge in [0.2, 0.25) is 0 Å². The van der Waals surface area contributed by atoms with E-state index in [9.17, 15) is 9.18 Å². The van der Waals surface area contributed by atoms with Gasteiger partial charge in [-0.05, 0) is 50.4 Å². The Morgan fingerprint density at radius 1 is 1.18 bits per heavy atom. The van der Waals surface area contributed by atoms with E-state index < -0.39 is 17.8 Å². The minimum absolute atomic E-state index is 0.122. The number of nitrogens with zero attached hydrogens (tertiary/aromatic N) is 4. The molecular formula is C24H24ClFN6O. The number of aromatic nitrogens is 2. The average Bonchev–Trinajstić information content (AvgIpc) is 3.29. The first-order valence-electron chi connectivity index (χ1n) is 10.6. The van der Waals surface area contributed by atoms with Crippen molar-refractivity contribution in [2.75, 3.05) is 38.1 Å². The van der Waals surface area contributed by atoms with Crippen LogP contribution in [0.25, 0.3) is 22.5 Å². The average molecular weight is 467 g/mol. The molecule has 1 fully saturated rings. The number of hydrogen-bond acceptors (Lipinski definition) is 5. The summed E-state index contributed by atoms with van der Waals surface area (Å²) in [6, 6.07) is 12.9. The molecule has 9 heteroatoms. The molecule has 2 aromatic carbocycles. The van der Waals surface area contributed by atoms with E-state index in [0.717, 1.165) is 49.2 Å². The first-order valence-corrected chi connectivity index (χ1v) is 11.0. The summed E-state index contributed by atoms with van der Waals surface area (Å²) in [5, 5.41) is 19.3. The molecule has 1 unspecified atom stereocenters. The standard InChI is InChI=1S/C24H24ClFN6O/c1-15(14-27)28-24(33)18-9-17(10-19(26)11-18)22-13-21(29-30-22)16-3-4-23(20(25)12-16)32-7-5-31(2)6-8-32/h3-4,9-13,15H,5-8H2,1-2H3,(H,28,33)(H,29,30). The van der Waals surface area contributed by atoms with Gasteiger partial charge in [-0.25, -0.2) is 4.39 Å². The molecule has 2 N–H and O–H groups in total. The zero-order chi connectivity index (χ0) is 23.5. The summed E-state index contributed by atoms with van der Waals surface area (Å²) in [4.78, 5) is 16.9. The molecule has 0 aliphatic carbocycles. The van der Waals surface area contributed by atoms with Gasteiger partial charge in [0.15, 0.2) is 0 Å². The topological polar surface area (TPSA) is 88.0 Å². The van der Waals surface area contributed by atoms with Crippen LogP contribution in [-0.4, -0.2) is 60.3 Å². The van der Waals surface area contributed by atoms with Gasteiger partial charge < -0.3 is 15.1 Å². The molecule has 33 heavy (non-hydrogen) atoms. The number of piperazine rings is 1. The highest BCUT2D eigenvalue weighted by Crippen LogP contribution is 2.32. The van der Waals surface area contributed by atoms with Crippen LogP contribution < -0.4 is 10.2 Å². The van der Waals surface area contributed by atoms with Crippen LogP contribution in [0.3, 0.4) is 0 Å². The zero-order valence-electron chi connectivity index (χ0n) is 18.4. The highest BCUT2D eigenvalue weighted by atomic mass is 35.5. The second-order valence-electron chi connectivity index (χ2n) is 8.18. The van der Waals surface area contributed by atoms with Crippen LogP contribution in [0.1, 0.15) is 17.3 Å². The number of carbonyl (C=O) groups excluding carboxylic acids is 1. The third kappa shape index (κ3) is 5.16. The molecule has 0 bridgehead atoms. The van der Waals surface area contributed by atoms with Crippen molar-refractivity contribution >= 4 is 23.2 Å². The Kier molecular flexibility index (Phi) is 6.63. The van der Waals surface area contributed by atoms with Crippen molar-refractivity contribution in [3.8, 4) is 28.6 Å². The maximum absolute atomic E-state index is 14.2. The van der Waals surface area contributed by atoms with Crippen molar-refractivity contribution < 1.29 is 9.18 Å². The first kappa shape index (κ1) is 22.8. The first-order chi connectivity index (χ1) is 15.8. The molecule has 0 saturated carbocycles. The van der Waals surface area contributed by atoms with Crippen LogP contribution >= 0.6 is 11.6 Å². The zero-order valence-corrected chi connectivity index (χ0v) is 19.2. The number of aromatic amines is 1. The van der Waals surface area contributed by atoms with Crippen molar-refractivity contribution in [1.82, 2.24) is 20.4 Å². The number of anilines is 1. The second-order valence-corrected chi connectivity index (χ2v) is 8.58. The van der Waals surface area contributed by atoms with Crippen molar-refractivity contribution in [2.45, 2.75) is 13.0 Å². The van der Waals surface area contributed by atoms with E-state index in [1.54, 1.807) is 19.1 Å². The van der Waals surface area contributed by atoms with E-state index in [4.69, 9.17) is 16.9 Å². The Morgan fingerprint density at radius 3 is 2.64 bits per heavy atom. The summed E-state index contributed by atoms with van der Waals surface area (Å²) in [5.41, 5.74) is 3.65. The van der Waals surface area contributed by atoms with E-state index in [2.05, 4.69) is 32.4 Å². The molecule has 0 radical (unpaired) electrons. The lowest BCUT2D eigenvalue weighted by Crippen LogP contribution is -2.44. The summed E-state index contributed by atoms with van der Waals surface area (Å²) in [6.07, 6.45) is 0.